The van der Waals surface area contributed by atoms with Crippen LogP contribution in [0.4, 0.5) is 0 Å². The Bertz CT molecular complexity index is 377. The largest absolute Gasteiger partial charge is 1.00 e. The molecule has 1 heteroatoms. The van der Waals surface area contributed by atoms with Gasteiger partial charge in [-0.1, -0.05) is 36.8 Å². The molecule has 0 amide bonds. The SMILES string of the molecule is C=C1CC[C@](C)(c2ccc(C)cc2)[C@@H]1[CH2-].[Li+]. The van der Waals surface area contributed by atoms with Crippen LogP contribution >= 0.6 is 0 Å². The number of hydrogen-bond acceptors (Lipinski definition) is 0. The smallest absolute Gasteiger partial charge is 0.335 e. The molecule has 0 heterocycles. The van der Waals surface area contributed by atoms with Gasteiger partial charge in [0.1, 0.15) is 0 Å². The van der Waals surface area contributed by atoms with Crippen molar-refractivity contribution in [1.29, 1.82) is 0 Å². The summed E-state index contributed by atoms with van der Waals surface area (Å²) in [5, 5.41) is 0. The van der Waals surface area contributed by atoms with Gasteiger partial charge in [0, 0.05) is 0 Å². The summed E-state index contributed by atoms with van der Waals surface area (Å²) in [6, 6.07) is 8.86. The quantitative estimate of drug-likeness (QED) is 0.366. The molecule has 80 valence electrons. The molecule has 1 fully saturated rings. The zero-order chi connectivity index (χ0) is 11.1. The van der Waals surface area contributed by atoms with Gasteiger partial charge in [-0.05, 0) is 30.7 Å². The van der Waals surface area contributed by atoms with Crippen molar-refractivity contribution in [1.82, 2.24) is 0 Å². The van der Waals surface area contributed by atoms with Gasteiger partial charge in [-0.2, -0.15) is 0 Å². The van der Waals surface area contributed by atoms with Crippen LogP contribution in [0.5, 0.6) is 0 Å². The average molecular weight is 206 g/mol. The molecule has 0 N–H and O–H groups in total. The zero-order valence-corrected chi connectivity index (χ0v) is 10.7. The summed E-state index contributed by atoms with van der Waals surface area (Å²) in [5.41, 5.74) is 4.23. The molecule has 1 aromatic rings. The average Bonchev–Trinajstić information content (AvgIpc) is 2.48. The third-order valence-corrected chi connectivity index (χ3v) is 3.94. The van der Waals surface area contributed by atoms with Crippen LogP contribution in [-0.4, -0.2) is 0 Å². The van der Waals surface area contributed by atoms with Crippen LogP contribution in [-0.2, 0) is 5.41 Å². The Kier molecular flexibility index (Phi) is 4.10. The molecule has 0 radical (unpaired) electrons. The van der Waals surface area contributed by atoms with Crippen molar-refractivity contribution < 1.29 is 18.9 Å². The standard InChI is InChI=1S/C15H19.Li/c1-11-5-7-14(8-6-11)15(4)10-9-12(2)13(15)3;/h5-8,13H,2-3,9-10H2,1,4H3;/q-1;+1/t13-,15+;/m1./s1. The van der Waals surface area contributed by atoms with Crippen LogP contribution in [0.2, 0.25) is 0 Å². The van der Waals surface area contributed by atoms with E-state index < -0.39 is 0 Å². The van der Waals surface area contributed by atoms with Crippen molar-refractivity contribution in [3.8, 4) is 0 Å². The summed E-state index contributed by atoms with van der Waals surface area (Å²) in [4.78, 5) is 0. The van der Waals surface area contributed by atoms with Gasteiger partial charge in [-0.25, -0.2) is 0 Å². The molecule has 2 atom stereocenters. The third-order valence-electron chi connectivity index (χ3n) is 3.94. The maximum absolute atomic E-state index is 4.27. The third kappa shape index (κ3) is 2.15. The van der Waals surface area contributed by atoms with Crippen molar-refractivity contribution in [2.75, 3.05) is 0 Å². The molecule has 1 saturated carbocycles. The van der Waals surface area contributed by atoms with Gasteiger partial charge in [0.05, 0.1) is 0 Å². The molecular weight excluding hydrogens is 187 g/mol. The van der Waals surface area contributed by atoms with Crippen LogP contribution in [0.3, 0.4) is 0 Å². The minimum absolute atomic E-state index is 0. The van der Waals surface area contributed by atoms with Gasteiger partial charge in [-0.3, -0.25) is 0 Å². The van der Waals surface area contributed by atoms with Crippen LogP contribution in [0.25, 0.3) is 0 Å². The fraction of sp³-hybridized carbons (Fsp3) is 0.400. The van der Waals surface area contributed by atoms with Crippen LogP contribution < -0.4 is 18.9 Å². The Morgan fingerprint density at radius 2 is 1.88 bits per heavy atom. The Labute approximate surface area is 111 Å². The second-order valence-corrected chi connectivity index (χ2v) is 4.99. The molecule has 1 aromatic carbocycles. The molecule has 1 aliphatic carbocycles. The van der Waals surface area contributed by atoms with E-state index in [2.05, 4.69) is 51.6 Å². The van der Waals surface area contributed by atoms with E-state index in [1.165, 1.54) is 23.1 Å². The van der Waals surface area contributed by atoms with E-state index >= 15 is 0 Å². The van der Waals surface area contributed by atoms with Gasteiger partial charge < -0.3 is 6.92 Å². The minimum atomic E-state index is 0. The molecule has 0 nitrogen and oxygen atoms in total. The van der Waals surface area contributed by atoms with E-state index in [1.807, 2.05) is 0 Å². The van der Waals surface area contributed by atoms with E-state index in [4.69, 9.17) is 0 Å². The second-order valence-electron chi connectivity index (χ2n) is 4.99. The fourth-order valence-corrected chi connectivity index (χ4v) is 2.50. The van der Waals surface area contributed by atoms with Crippen molar-refractivity contribution >= 4 is 0 Å². The maximum atomic E-state index is 4.27. The summed E-state index contributed by atoms with van der Waals surface area (Å²) < 4.78 is 0. The molecule has 1 aliphatic rings. The van der Waals surface area contributed by atoms with E-state index in [1.54, 1.807) is 0 Å². The summed E-state index contributed by atoms with van der Waals surface area (Å²) >= 11 is 0. The first-order valence-corrected chi connectivity index (χ1v) is 5.62. The molecule has 0 aromatic heterocycles. The molecule has 0 aliphatic heterocycles. The number of hydrogen-bond donors (Lipinski definition) is 0. The number of aryl methyl sites for hydroxylation is 1. The first kappa shape index (κ1) is 13.6. The van der Waals surface area contributed by atoms with Crippen LogP contribution in [0.15, 0.2) is 36.4 Å². The van der Waals surface area contributed by atoms with Gasteiger partial charge in [-0.15, -0.1) is 18.1 Å². The number of benzene rings is 1. The molecule has 0 unspecified atom stereocenters. The Balaban J connectivity index is 0.00000128. The van der Waals surface area contributed by atoms with Gasteiger partial charge in [0.25, 0.3) is 0 Å². The normalized spacial score (nSPS) is 28.9. The predicted octanol–water partition coefficient (Wildman–Crippen LogP) is 1.06. The summed E-state index contributed by atoms with van der Waals surface area (Å²) in [5.74, 6) is 0.361. The van der Waals surface area contributed by atoms with Crippen molar-refractivity contribution in [2.45, 2.75) is 32.1 Å². The fourth-order valence-electron chi connectivity index (χ4n) is 2.50. The second kappa shape index (κ2) is 4.82. The van der Waals surface area contributed by atoms with Crippen molar-refractivity contribution in [3.63, 3.8) is 0 Å². The molecule has 0 saturated heterocycles. The molecule has 2 rings (SSSR count). The van der Waals surface area contributed by atoms with Crippen LogP contribution in [0, 0.1) is 19.8 Å². The van der Waals surface area contributed by atoms with Crippen molar-refractivity contribution in [3.05, 3.63) is 54.5 Å². The monoisotopic (exact) mass is 206 g/mol. The van der Waals surface area contributed by atoms with Gasteiger partial charge in [0.2, 0.25) is 0 Å². The van der Waals surface area contributed by atoms with E-state index in [0.717, 1.165) is 6.42 Å². The molecule has 16 heavy (non-hydrogen) atoms. The van der Waals surface area contributed by atoms with Gasteiger partial charge in [0.15, 0.2) is 0 Å². The number of rotatable bonds is 1. The first-order valence-electron chi connectivity index (χ1n) is 5.62. The van der Waals surface area contributed by atoms with E-state index in [-0.39, 0.29) is 24.3 Å². The summed E-state index contributed by atoms with van der Waals surface area (Å²) in [7, 11) is 0. The summed E-state index contributed by atoms with van der Waals surface area (Å²) in [6.07, 6.45) is 2.31. The topological polar surface area (TPSA) is 0 Å². The van der Waals surface area contributed by atoms with Gasteiger partial charge >= 0.3 is 18.9 Å². The number of allylic oxidation sites excluding steroid dienone is 1. The summed E-state index contributed by atoms with van der Waals surface area (Å²) in [6.45, 7) is 12.8. The minimum Gasteiger partial charge on any atom is -0.335 e. The predicted molar refractivity (Wildman–Crippen MR) is 65.8 cm³/mol. The van der Waals surface area contributed by atoms with E-state index in [0.29, 0.717) is 5.92 Å². The Hall–Kier alpha value is -0.443. The Morgan fingerprint density at radius 1 is 1.31 bits per heavy atom. The Morgan fingerprint density at radius 3 is 2.31 bits per heavy atom. The van der Waals surface area contributed by atoms with Crippen molar-refractivity contribution in [2.24, 2.45) is 5.92 Å². The van der Waals surface area contributed by atoms with Crippen LogP contribution in [0.1, 0.15) is 30.9 Å². The molecule has 0 bridgehead atoms. The maximum Gasteiger partial charge on any atom is 1.00 e. The molecule has 0 spiro atoms. The zero-order valence-electron chi connectivity index (χ0n) is 10.7. The first-order chi connectivity index (χ1) is 7.04. The van der Waals surface area contributed by atoms with E-state index in [9.17, 15) is 0 Å². The molecular formula is C15H19Li.